The number of carbonyl (C=O) groups excluding carboxylic acids is 1. The van der Waals surface area contributed by atoms with Crippen LogP contribution in [0.2, 0.25) is 0 Å². The normalized spacial score (nSPS) is 19.7. The zero-order valence-corrected chi connectivity index (χ0v) is 15.3. The standard InChI is InChI=1S/C16H19F3N6OS/c17-16(18,19)15-21-20-12-1-2-13(22-25(12)15)23-5-3-11(4-6-23)14(26)24-7-9-27-10-8-24/h1-2,11H,3-10H2. The smallest absolute Gasteiger partial charge is 0.355 e. The van der Waals surface area contributed by atoms with Gasteiger partial charge in [-0.2, -0.15) is 29.4 Å². The molecule has 11 heteroatoms. The van der Waals surface area contributed by atoms with Crippen LogP contribution < -0.4 is 4.90 Å². The number of hydrogen-bond donors (Lipinski definition) is 0. The molecule has 2 aliphatic heterocycles. The second kappa shape index (κ2) is 7.17. The Morgan fingerprint density at radius 1 is 1.07 bits per heavy atom. The lowest BCUT2D eigenvalue weighted by Gasteiger charge is -2.35. The van der Waals surface area contributed by atoms with E-state index in [4.69, 9.17) is 0 Å². The molecular weight excluding hydrogens is 381 g/mol. The number of rotatable bonds is 2. The molecule has 0 spiro atoms. The van der Waals surface area contributed by atoms with Crippen molar-refractivity contribution in [3.05, 3.63) is 18.0 Å². The molecule has 27 heavy (non-hydrogen) atoms. The summed E-state index contributed by atoms with van der Waals surface area (Å²) in [6.07, 6.45) is -3.26. The van der Waals surface area contributed by atoms with Crippen molar-refractivity contribution in [2.45, 2.75) is 19.0 Å². The first-order valence-corrected chi connectivity index (χ1v) is 10.00. The zero-order valence-electron chi connectivity index (χ0n) is 14.5. The van der Waals surface area contributed by atoms with E-state index < -0.39 is 12.0 Å². The molecule has 0 bridgehead atoms. The summed E-state index contributed by atoms with van der Waals surface area (Å²) in [5.74, 6) is 1.45. The lowest BCUT2D eigenvalue weighted by atomic mass is 9.95. The van der Waals surface area contributed by atoms with Crippen LogP contribution in [0, 0.1) is 5.92 Å². The van der Waals surface area contributed by atoms with Crippen LogP contribution in [-0.4, -0.2) is 68.3 Å². The van der Waals surface area contributed by atoms with Gasteiger partial charge >= 0.3 is 6.18 Å². The number of piperidine rings is 1. The second-order valence-electron chi connectivity index (χ2n) is 6.68. The van der Waals surface area contributed by atoms with Crippen LogP contribution >= 0.6 is 11.8 Å². The number of fused-ring (bicyclic) bond motifs is 1. The van der Waals surface area contributed by atoms with Crippen LogP contribution in [-0.2, 0) is 11.0 Å². The molecule has 0 aromatic carbocycles. The summed E-state index contributed by atoms with van der Waals surface area (Å²) >= 11 is 1.86. The van der Waals surface area contributed by atoms with E-state index in [1.807, 2.05) is 21.6 Å². The number of hydrogen-bond acceptors (Lipinski definition) is 6. The van der Waals surface area contributed by atoms with Gasteiger partial charge in [0.2, 0.25) is 5.91 Å². The molecule has 2 aromatic heterocycles. The van der Waals surface area contributed by atoms with Gasteiger partial charge in [-0.15, -0.1) is 15.3 Å². The van der Waals surface area contributed by atoms with E-state index in [2.05, 4.69) is 15.3 Å². The predicted octanol–water partition coefficient (Wildman–Crippen LogP) is 1.93. The third-order valence-electron chi connectivity index (χ3n) is 4.99. The van der Waals surface area contributed by atoms with E-state index in [1.54, 1.807) is 6.07 Å². The van der Waals surface area contributed by atoms with Crippen molar-refractivity contribution in [1.82, 2.24) is 24.7 Å². The van der Waals surface area contributed by atoms with Crippen LogP contribution in [0.15, 0.2) is 12.1 Å². The van der Waals surface area contributed by atoms with Crippen LogP contribution in [0.3, 0.4) is 0 Å². The average molecular weight is 400 g/mol. The molecule has 2 saturated heterocycles. The van der Waals surface area contributed by atoms with Gasteiger partial charge in [-0.1, -0.05) is 0 Å². The van der Waals surface area contributed by atoms with Gasteiger partial charge in [0.1, 0.15) is 5.82 Å². The Kier molecular flexibility index (Phi) is 4.87. The van der Waals surface area contributed by atoms with Crippen molar-refractivity contribution < 1.29 is 18.0 Å². The van der Waals surface area contributed by atoms with Gasteiger partial charge < -0.3 is 9.80 Å². The van der Waals surface area contributed by atoms with Gasteiger partial charge in [-0.3, -0.25) is 4.79 Å². The molecule has 0 aliphatic carbocycles. The third kappa shape index (κ3) is 3.69. The second-order valence-corrected chi connectivity index (χ2v) is 7.91. The Labute approximate surface area is 157 Å². The zero-order chi connectivity index (χ0) is 19.0. The number of amides is 1. The van der Waals surface area contributed by atoms with Crippen molar-refractivity contribution in [3.63, 3.8) is 0 Å². The number of nitrogens with zero attached hydrogens (tertiary/aromatic N) is 6. The first-order chi connectivity index (χ1) is 12.9. The molecular formula is C16H19F3N6OS. The van der Waals surface area contributed by atoms with Crippen LogP contribution in [0.4, 0.5) is 19.0 Å². The molecule has 1 amide bonds. The van der Waals surface area contributed by atoms with Crippen LogP contribution in [0.5, 0.6) is 0 Å². The van der Waals surface area contributed by atoms with Gasteiger partial charge in [0.05, 0.1) is 0 Å². The van der Waals surface area contributed by atoms with Crippen molar-refractivity contribution in [1.29, 1.82) is 0 Å². The minimum atomic E-state index is -4.61. The first kappa shape index (κ1) is 18.3. The van der Waals surface area contributed by atoms with Crippen LogP contribution in [0.1, 0.15) is 18.7 Å². The molecule has 2 aromatic rings. The molecule has 2 fully saturated rings. The molecule has 0 atom stereocenters. The monoisotopic (exact) mass is 400 g/mol. The fourth-order valence-corrected chi connectivity index (χ4v) is 4.43. The number of aromatic nitrogens is 4. The Bertz CT molecular complexity index is 827. The largest absolute Gasteiger partial charge is 0.453 e. The molecule has 0 saturated carbocycles. The number of anilines is 1. The fraction of sp³-hybridized carbons (Fsp3) is 0.625. The number of halogens is 3. The summed E-state index contributed by atoms with van der Waals surface area (Å²) in [6.45, 7) is 2.77. The Morgan fingerprint density at radius 2 is 1.78 bits per heavy atom. The highest BCUT2D eigenvalue weighted by molar-refractivity contribution is 7.99. The highest BCUT2D eigenvalue weighted by Gasteiger charge is 2.38. The van der Waals surface area contributed by atoms with Crippen molar-refractivity contribution in [3.8, 4) is 0 Å². The summed E-state index contributed by atoms with van der Waals surface area (Å²) in [4.78, 5) is 16.5. The highest BCUT2D eigenvalue weighted by atomic mass is 32.2. The van der Waals surface area contributed by atoms with Gasteiger partial charge in [0.25, 0.3) is 5.82 Å². The SMILES string of the molecule is O=C(C1CCN(c2ccc3nnc(C(F)(F)F)n3n2)CC1)N1CCSCC1. The van der Waals surface area contributed by atoms with E-state index in [1.165, 1.54) is 6.07 Å². The van der Waals surface area contributed by atoms with E-state index >= 15 is 0 Å². The first-order valence-electron chi connectivity index (χ1n) is 8.84. The maximum absolute atomic E-state index is 13.0. The van der Waals surface area contributed by atoms with Crippen LogP contribution in [0.25, 0.3) is 5.65 Å². The van der Waals surface area contributed by atoms with E-state index in [-0.39, 0.29) is 17.5 Å². The van der Waals surface area contributed by atoms with Gasteiger partial charge in [-0.05, 0) is 25.0 Å². The summed E-state index contributed by atoms with van der Waals surface area (Å²) < 4.78 is 39.8. The minimum absolute atomic E-state index is 0.0197. The lowest BCUT2D eigenvalue weighted by molar-refractivity contribution is -0.146. The number of alkyl halides is 3. The predicted molar refractivity (Wildman–Crippen MR) is 94.6 cm³/mol. The summed E-state index contributed by atoms with van der Waals surface area (Å²) in [6, 6.07) is 3.13. The maximum Gasteiger partial charge on any atom is 0.453 e. The fourth-order valence-electron chi connectivity index (χ4n) is 3.52. The molecule has 7 nitrogen and oxygen atoms in total. The molecule has 0 unspecified atom stereocenters. The molecule has 4 rings (SSSR count). The van der Waals surface area contributed by atoms with E-state index in [9.17, 15) is 18.0 Å². The quantitative estimate of drug-likeness (QED) is 0.768. The Hall–Kier alpha value is -2.04. The van der Waals surface area contributed by atoms with Crippen molar-refractivity contribution >= 4 is 29.1 Å². The summed E-state index contributed by atoms with van der Waals surface area (Å²) in [7, 11) is 0. The highest BCUT2D eigenvalue weighted by Crippen LogP contribution is 2.29. The summed E-state index contributed by atoms with van der Waals surface area (Å²) in [5.41, 5.74) is 0.0547. The lowest BCUT2D eigenvalue weighted by Crippen LogP contribution is -2.45. The third-order valence-corrected chi connectivity index (χ3v) is 5.94. The van der Waals surface area contributed by atoms with Gasteiger partial charge in [-0.25, -0.2) is 0 Å². The summed E-state index contributed by atoms with van der Waals surface area (Å²) in [5, 5.41) is 10.8. The molecule has 2 aliphatic rings. The molecule has 146 valence electrons. The van der Waals surface area contributed by atoms with Crippen molar-refractivity contribution in [2.75, 3.05) is 42.6 Å². The topological polar surface area (TPSA) is 66.6 Å². The molecule has 0 N–H and O–H groups in total. The molecule has 4 heterocycles. The van der Waals surface area contributed by atoms with Crippen molar-refractivity contribution in [2.24, 2.45) is 5.92 Å². The number of carbonyl (C=O) groups is 1. The van der Waals surface area contributed by atoms with Gasteiger partial charge in [0, 0.05) is 43.6 Å². The maximum atomic E-state index is 13.0. The minimum Gasteiger partial charge on any atom is -0.355 e. The van der Waals surface area contributed by atoms with Gasteiger partial charge in [0.15, 0.2) is 5.65 Å². The van der Waals surface area contributed by atoms with E-state index in [0.717, 1.165) is 29.1 Å². The molecule has 0 radical (unpaired) electrons. The number of thioether (sulfide) groups is 1. The Morgan fingerprint density at radius 3 is 2.44 bits per heavy atom. The average Bonchev–Trinajstić information content (AvgIpc) is 3.12. The Balaban J connectivity index is 1.45. The van der Waals surface area contributed by atoms with E-state index in [0.29, 0.717) is 31.7 Å².